The number of nitrogens with one attached hydrogen (secondary N) is 1. The number of thiophene rings is 1. The maximum Gasteiger partial charge on any atom is 0.293 e. The fourth-order valence-corrected chi connectivity index (χ4v) is 2.77. The summed E-state index contributed by atoms with van der Waals surface area (Å²) in [4.78, 5) is 13.9. The zero-order valence-electron chi connectivity index (χ0n) is 11.1. The maximum atomic E-state index is 11.0. The van der Waals surface area contributed by atoms with Crippen molar-refractivity contribution in [3.8, 4) is 0 Å². The van der Waals surface area contributed by atoms with Gasteiger partial charge in [0.05, 0.1) is 4.92 Å². The number of hydrazine groups is 1. The molecule has 0 aliphatic heterocycles. The molecule has 0 unspecified atom stereocenters. The van der Waals surface area contributed by atoms with Crippen molar-refractivity contribution in [1.29, 1.82) is 0 Å². The van der Waals surface area contributed by atoms with Gasteiger partial charge in [-0.25, -0.2) is 0 Å². The van der Waals surface area contributed by atoms with Crippen LogP contribution in [0.1, 0.15) is 10.4 Å². The lowest BCUT2D eigenvalue weighted by molar-refractivity contribution is -0.384. The fraction of sp³-hybridized carbons (Fsp3) is 0.231. The van der Waals surface area contributed by atoms with E-state index in [0.717, 1.165) is 12.1 Å². The first-order valence-electron chi connectivity index (χ1n) is 6.05. The van der Waals surface area contributed by atoms with Gasteiger partial charge < -0.3 is 5.43 Å². The van der Waals surface area contributed by atoms with Gasteiger partial charge in [0.1, 0.15) is 5.69 Å². The second kappa shape index (κ2) is 6.47. The lowest BCUT2D eigenvalue weighted by atomic mass is 10.1. The van der Waals surface area contributed by atoms with Gasteiger partial charge in [-0.15, -0.1) is 11.3 Å². The molecule has 106 valence electrons. The van der Waals surface area contributed by atoms with Crippen LogP contribution in [0, 0.1) is 10.1 Å². The van der Waals surface area contributed by atoms with Crippen LogP contribution in [0.2, 0.25) is 0 Å². The number of benzene rings is 1. The molecule has 0 aliphatic carbocycles. The molecule has 0 atom stereocenters. The molecule has 1 heterocycles. The van der Waals surface area contributed by atoms with Crippen LogP contribution < -0.4 is 11.3 Å². The van der Waals surface area contributed by atoms with Crippen molar-refractivity contribution in [3.05, 3.63) is 56.3 Å². The van der Waals surface area contributed by atoms with Gasteiger partial charge in [0.2, 0.25) is 0 Å². The molecule has 7 heteroatoms. The average molecular weight is 292 g/mol. The molecule has 0 spiro atoms. The summed E-state index contributed by atoms with van der Waals surface area (Å²) in [7, 11) is 1.99. The van der Waals surface area contributed by atoms with Crippen molar-refractivity contribution in [2.45, 2.75) is 13.1 Å². The molecule has 3 N–H and O–H groups in total. The van der Waals surface area contributed by atoms with Crippen LogP contribution in [0.15, 0.2) is 35.7 Å². The second-order valence-electron chi connectivity index (χ2n) is 4.50. The monoisotopic (exact) mass is 292 g/mol. The van der Waals surface area contributed by atoms with Gasteiger partial charge in [-0.05, 0) is 30.1 Å². The third kappa shape index (κ3) is 3.53. The zero-order valence-corrected chi connectivity index (χ0v) is 11.9. The lowest BCUT2D eigenvalue weighted by Crippen LogP contribution is -2.17. The SMILES string of the molecule is CN(Cc1ccc(NN)c([N+](=O)[O-])c1)Cc1cccs1. The number of nitro groups is 1. The fourth-order valence-electron chi connectivity index (χ4n) is 1.98. The Morgan fingerprint density at radius 2 is 2.20 bits per heavy atom. The van der Waals surface area contributed by atoms with Crippen molar-refractivity contribution in [1.82, 2.24) is 4.90 Å². The molecule has 20 heavy (non-hydrogen) atoms. The number of nitrogen functional groups attached to an aromatic ring is 1. The van der Waals surface area contributed by atoms with Gasteiger partial charge in [-0.3, -0.25) is 20.9 Å². The first-order valence-corrected chi connectivity index (χ1v) is 6.93. The third-order valence-corrected chi connectivity index (χ3v) is 3.73. The summed E-state index contributed by atoms with van der Waals surface area (Å²) in [6, 6.07) is 9.12. The highest BCUT2D eigenvalue weighted by molar-refractivity contribution is 7.09. The van der Waals surface area contributed by atoms with Crippen molar-refractivity contribution in [2.24, 2.45) is 5.84 Å². The minimum atomic E-state index is -0.433. The third-order valence-electron chi connectivity index (χ3n) is 2.87. The Labute approximate surface area is 120 Å². The summed E-state index contributed by atoms with van der Waals surface area (Å²) < 4.78 is 0. The van der Waals surface area contributed by atoms with E-state index in [1.165, 1.54) is 4.88 Å². The normalized spacial score (nSPS) is 10.8. The van der Waals surface area contributed by atoms with Gasteiger partial charge in [0.15, 0.2) is 0 Å². The van der Waals surface area contributed by atoms with Crippen molar-refractivity contribution in [3.63, 3.8) is 0 Å². The van der Waals surface area contributed by atoms with E-state index in [1.54, 1.807) is 23.5 Å². The van der Waals surface area contributed by atoms with Gasteiger partial charge in [0.25, 0.3) is 5.69 Å². The van der Waals surface area contributed by atoms with E-state index in [4.69, 9.17) is 5.84 Å². The van der Waals surface area contributed by atoms with Crippen LogP contribution in [0.25, 0.3) is 0 Å². The summed E-state index contributed by atoms with van der Waals surface area (Å²) in [6.07, 6.45) is 0. The highest BCUT2D eigenvalue weighted by Gasteiger charge is 2.14. The van der Waals surface area contributed by atoms with E-state index < -0.39 is 4.92 Å². The summed E-state index contributed by atoms with van der Waals surface area (Å²) in [5, 5.41) is 13.0. The number of nitrogens with zero attached hydrogens (tertiary/aromatic N) is 2. The molecular weight excluding hydrogens is 276 g/mol. The standard InChI is InChI=1S/C13H16N4O2S/c1-16(9-11-3-2-6-20-11)8-10-4-5-12(15-14)13(7-10)17(18)19/h2-7,15H,8-9,14H2,1H3. The van der Waals surface area contributed by atoms with Gasteiger partial charge in [-0.1, -0.05) is 12.1 Å². The summed E-state index contributed by atoms with van der Waals surface area (Å²) in [6.45, 7) is 1.46. The minimum absolute atomic E-state index is 0.00507. The highest BCUT2D eigenvalue weighted by atomic mass is 32.1. The summed E-state index contributed by atoms with van der Waals surface area (Å²) >= 11 is 1.70. The molecule has 0 bridgehead atoms. The first-order chi connectivity index (χ1) is 9.60. The molecule has 2 aromatic rings. The Kier molecular flexibility index (Phi) is 4.67. The average Bonchev–Trinajstić information content (AvgIpc) is 2.91. The van der Waals surface area contributed by atoms with E-state index in [9.17, 15) is 10.1 Å². The van der Waals surface area contributed by atoms with E-state index >= 15 is 0 Å². The van der Waals surface area contributed by atoms with E-state index in [1.807, 2.05) is 24.6 Å². The molecule has 0 saturated carbocycles. The highest BCUT2D eigenvalue weighted by Crippen LogP contribution is 2.25. The van der Waals surface area contributed by atoms with Crippen molar-refractivity contribution in [2.75, 3.05) is 12.5 Å². The van der Waals surface area contributed by atoms with E-state index in [-0.39, 0.29) is 5.69 Å². The second-order valence-corrected chi connectivity index (χ2v) is 5.54. The van der Waals surface area contributed by atoms with Crippen molar-refractivity contribution >= 4 is 22.7 Å². The molecule has 0 saturated heterocycles. The Morgan fingerprint density at radius 3 is 2.80 bits per heavy atom. The van der Waals surface area contributed by atoms with Crippen LogP contribution >= 0.6 is 11.3 Å². The smallest absolute Gasteiger partial charge is 0.293 e. The molecular formula is C13H16N4O2S. The van der Waals surface area contributed by atoms with Crippen LogP contribution in [0.3, 0.4) is 0 Å². The van der Waals surface area contributed by atoms with Crippen LogP contribution in [-0.4, -0.2) is 16.9 Å². The molecule has 0 radical (unpaired) electrons. The zero-order chi connectivity index (χ0) is 14.5. The minimum Gasteiger partial charge on any atom is -0.318 e. The Morgan fingerprint density at radius 1 is 1.40 bits per heavy atom. The molecule has 1 aromatic carbocycles. The molecule has 1 aromatic heterocycles. The van der Waals surface area contributed by atoms with Crippen LogP contribution in [0.5, 0.6) is 0 Å². The predicted octanol–water partition coefficient (Wildman–Crippen LogP) is 2.57. The Bertz CT molecular complexity index is 586. The molecule has 0 aliphatic rings. The first kappa shape index (κ1) is 14.4. The number of nitrogens with two attached hydrogens (primary N) is 1. The summed E-state index contributed by atoms with van der Waals surface area (Å²) in [5.74, 6) is 5.27. The number of hydrogen-bond donors (Lipinski definition) is 2. The van der Waals surface area contributed by atoms with Crippen LogP contribution in [-0.2, 0) is 13.1 Å². The molecule has 0 fully saturated rings. The quantitative estimate of drug-likeness (QED) is 0.485. The molecule has 2 rings (SSSR count). The largest absolute Gasteiger partial charge is 0.318 e. The Hall–Kier alpha value is -1.96. The molecule has 6 nitrogen and oxygen atoms in total. The number of rotatable bonds is 6. The number of hydrogen-bond acceptors (Lipinski definition) is 6. The molecule has 0 amide bonds. The predicted molar refractivity (Wildman–Crippen MR) is 80.4 cm³/mol. The number of anilines is 1. The van der Waals surface area contributed by atoms with Crippen molar-refractivity contribution < 1.29 is 4.92 Å². The lowest BCUT2D eigenvalue weighted by Gasteiger charge is -2.16. The topological polar surface area (TPSA) is 84.4 Å². The Balaban J connectivity index is 2.09. The van der Waals surface area contributed by atoms with E-state index in [2.05, 4.69) is 16.4 Å². The van der Waals surface area contributed by atoms with Gasteiger partial charge in [0, 0.05) is 24.0 Å². The number of nitro benzene ring substituents is 1. The van der Waals surface area contributed by atoms with E-state index in [0.29, 0.717) is 12.2 Å². The maximum absolute atomic E-state index is 11.0. The van der Waals surface area contributed by atoms with Gasteiger partial charge >= 0.3 is 0 Å². The van der Waals surface area contributed by atoms with Gasteiger partial charge in [-0.2, -0.15) is 0 Å². The summed E-state index contributed by atoms with van der Waals surface area (Å²) in [5.41, 5.74) is 3.54. The van der Waals surface area contributed by atoms with Crippen LogP contribution in [0.4, 0.5) is 11.4 Å².